The molecule has 1 aromatic carbocycles. The molecule has 0 bridgehead atoms. The average molecular weight is 306 g/mol. The molecule has 0 spiro atoms. The van der Waals surface area contributed by atoms with E-state index in [0.717, 1.165) is 10.0 Å². The van der Waals surface area contributed by atoms with Crippen molar-refractivity contribution in [3.05, 3.63) is 58.2 Å². The maximum atomic E-state index is 7.26. The van der Waals surface area contributed by atoms with E-state index in [1.807, 2.05) is 24.3 Å². The number of nitrogens with zero attached hydrogens (tertiary/aromatic N) is 1. The van der Waals surface area contributed by atoms with E-state index in [-0.39, 0.29) is 5.84 Å². The van der Waals surface area contributed by atoms with Gasteiger partial charge in [-0.15, -0.1) is 0 Å². The minimum Gasteiger partial charge on any atom is -0.473 e. The Kier molecular flexibility index (Phi) is 3.94. The quantitative estimate of drug-likeness (QED) is 0.674. The van der Waals surface area contributed by atoms with Gasteiger partial charge in [-0.05, 0) is 23.8 Å². The lowest BCUT2D eigenvalue weighted by Crippen LogP contribution is -2.11. The summed E-state index contributed by atoms with van der Waals surface area (Å²) >= 11 is 3.41. The molecule has 0 aliphatic carbocycles. The van der Waals surface area contributed by atoms with Gasteiger partial charge < -0.3 is 10.5 Å². The van der Waals surface area contributed by atoms with Crippen LogP contribution in [0.4, 0.5) is 0 Å². The number of aromatic nitrogens is 1. The number of halogens is 1. The Morgan fingerprint density at radius 1 is 1.33 bits per heavy atom. The number of hydrogen-bond acceptors (Lipinski definition) is 3. The third-order valence-corrected chi connectivity index (χ3v) is 2.82. The molecular weight excluding hydrogens is 294 g/mol. The van der Waals surface area contributed by atoms with Gasteiger partial charge in [0.25, 0.3) is 0 Å². The van der Waals surface area contributed by atoms with Crippen LogP contribution in [-0.4, -0.2) is 10.8 Å². The van der Waals surface area contributed by atoms with Crippen molar-refractivity contribution in [2.45, 2.75) is 6.61 Å². The van der Waals surface area contributed by atoms with E-state index in [4.69, 9.17) is 15.9 Å². The van der Waals surface area contributed by atoms with Crippen LogP contribution in [-0.2, 0) is 6.61 Å². The Hall–Kier alpha value is -1.88. The van der Waals surface area contributed by atoms with Crippen LogP contribution in [0.5, 0.6) is 5.88 Å². The molecule has 3 N–H and O–H groups in total. The topological polar surface area (TPSA) is 72.0 Å². The maximum Gasteiger partial charge on any atom is 0.213 e. The van der Waals surface area contributed by atoms with Crippen LogP contribution >= 0.6 is 15.9 Å². The minimum atomic E-state index is 0.000963. The number of hydrogen-bond donors (Lipinski definition) is 2. The summed E-state index contributed by atoms with van der Waals surface area (Å²) in [5, 5.41) is 7.26. The van der Waals surface area contributed by atoms with Crippen molar-refractivity contribution in [3.63, 3.8) is 0 Å². The van der Waals surface area contributed by atoms with Gasteiger partial charge in [0.15, 0.2) is 0 Å². The van der Waals surface area contributed by atoms with Crippen molar-refractivity contribution in [2.24, 2.45) is 5.73 Å². The van der Waals surface area contributed by atoms with Crippen LogP contribution in [0.2, 0.25) is 0 Å². The van der Waals surface area contributed by atoms with Crippen LogP contribution in [0.15, 0.2) is 47.1 Å². The number of ether oxygens (including phenoxy) is 1. The van der Waals surface area contributed by atoms with Gasteiger partial charge in [-0.25, -0.2) is 4.98 Å². The van der Waals surface area contributed by atoms with Crippen molar-refractivity contribution in [1.29, 1.82) is 5.41 Å². The molecule has 5 heteroatoms. The predicted octanol–water partition coefficient (Wildman–Crippen LogP) is 2.71. The third-order valence-electron chi connectivity index (χ3n) is 2.32. The molecule has 92 valence electrons. The fourth-order valence-electron chi connectivity index (χ4n) is 1.41. The minimum absolute atomic E-state index is 0.000963. The highest BCUT2D eigenvalue weighted by atomic mass is 79.9. The summed E-state index contributed by atoms with van der Waals surface area (Å²) in [4.78, 5) is 4.08. The first-order valence-electron chi connectivity index (χ1n) is 5.33. The van der Waals surface area contributed by atoms with Gasteiger partial charge in [-0.2, -0.15) is 0 Å². The zero-order chi connectivity index (χ0) is 13.0. The maximum absolute atomic E-state index is 7.26. The second-order valence-corrected chi connectivity index (χ2v) is 4.63. The summed E-state index contributed by atoms with van der Waals surface area (Å²) in [6.07, 6.45) is 1.53. The SMILES string of the molecule is N=C(N)c1ccc(OCc2cccc(Br)c2)nc1. The molecule has 0 unspecified atom stereocenters. The fourth-order valence-corrected chi connectivity index (χ4v) is 1.86. The first kappa shape index (κ1) is 12.6. The Bertz CT molecular complexity index is 554. The highest BCUT2D eigenvalue weighted by Gasteiger charge is 2.00. The first-order valence-corrected chi connectivity index (χ1v) is 6.12. The zero-order valence-corrected chi connectivity index (χ0v) is 11.1. The molecule has 0 atom stereocenters. The molecule has 2 aromatic rings. The van der Waals surface area contributed by atoms with Gasteiger partial charge in [0, 0.05) is 22.3 Å². The van der Waals surface area contributed by atoms with Gasteiger partial charge in [0.05, 0.1) is 0 Å². The molecule has 0 aliphatic rings. The van der Waals surface area contributed by atoms with Crippen LogP contribution in [0.25, 0.3) is 0 Å². The van der Waals surface area contributed by atoms with E-state index in [1.165, 1.54) is 6.20 Å². The monoisotopic (exact) mass is 305 g/mol. The molecule has 0 saturated heterocycles. The molecule has 2 rings (SSSR count). The Morgan fingerprint density at radius 2 is 2.17 bits per heavy atom. The molecule has 0 saturated carbocycles. The number of rotatable bonds is 4. The number of benzene rings is 1. The van der Waals surface area contributed by atoms with Gasteiger partial charge in [0.2, 0.25) is 5.88 Å². The van der Waals surface area contributed by atoms with Crippen LogP contribution < -0.4 is 10.5 Å². The predicted molar refractivity (Wildman–Crippen MR) is 73.7 cm³/mol. The molecular formula is C13H12BrN3O. The third kappa shape index (κ3) is 3.30. The summed E-state index contributed by atoms with van der Waals surface area (Å²) in [5.41, 5.74) is 6.99. The Labute approximate surface area is 113 Å². The van der Waals surface area contributed by atoms with Crippen molar-refractivity contribution in [3.8, 4) is 5.88 Å². The normalized spacial score (nSPS) is 10.1. The standard InChI is InChI=1S/C13H12BrN3O/c14-11-3-1-2-9(6-11)8-18-12-5-4-10(7-17-12)13(15)16/h1-7H,8H2,(H3,15,16). The average Bonchev–Trinajstić information content (AvgIpc) is 2.37. The van der Waals surface area contributed by atoms with Gasteiger partial charge in [0.1, 0.15) is 12.4 Å². The second-order valence-electron chi connectivity index (χ2n) is 3.72. The highest BCUT2D eigenvalue weighted by Crippen LogP contribution is 2.14. The largest absolute Gasteiger partial charge is 0.473 e. The molecule has 0 radical (unpaired) electrons. The summed E-state index contributed by atoms with van der Waals surface area (Å²) in [7, 11) is 0. The van der Waals surface area contributed by atoms with E-state index < -0.39 is 0 Å². The zero-order valence-electron chi connectivity index (χ0n) is 9.56. The van der Waals surface area contributed by atoms with Gasteiger partial charge >= 0.3 is 0 Å². The van der Waals surface area contributed by atoms with Crippen molar-refractivity contribution >= 4 is 21.8 Å². The number of nitrogen functional groups attached to an aromatic ring is 1. The Morgan fingerprint density at radius 3 is 2.78 bits per heavy atom. The smallest absolute Gasteiger partial charge is 0.213 e. The van der Waals surface area contributed by atoms with Gasteiger partial charge in [-0.3, -0.25) is 5.41 Å². The molecule has 0 amide bonds. The van der Waals surface area contributed by atoms with E-state index >= 15 is 0 Å². The summed E-state index contributed by atoms with van der Waals surface area (Å²) in [6, 6.07) is 11.3. The first-order chi connectivity index (χ1) is 8.65. The number of pyridine rings is 1. The van der Waals surface area contributed by atoms with Crippen molar-refractivity contribution in [1.82, 2.24) is 4.98 Å². The molecule has 18 heavy (non-hydrogen) atoms. The van der Waals surface area contributed by atoms with Crippen LogP contribution in [0.3, 0.4) is 0 Å². The summed E-state index contributed by atoms with van der Waals surface area (Å²) < 4.78 is 6.56. The highest BCUT2D eigenvalue weighted by molar-refractivity contribution is 9.10. The molecule has 0 aliphatic heterocycles. The van der Waals surface area contributed by atoms with E-state index in [0.29, 0.717) is 18.1 Å². The van der Waals surface area contributed by atoms with E-state index in [1.54, 1.807) is 12.1 Å². The van der Waals surface area contributed by atoms with Gasteiger partial charge in [-0.1, -0.05) is 28.1 Å². The molecule has 1 aromatic heterocycles. The lowest BCUT2D eigenvalue weighted by Gasteiger charge is -2.06. The Balaban J connectivity index is 2.00. The van der Waals surface area contributed by atoms with Crippen molar-refractivity contribution in [2.75, 3.05) is 0 Å². The molecule has 0 fully saturated rings. The lowest BCUT2D eigenvalue weighted by molar-refractivity contribution is 0.294. The summed E-state index contributed by atoms with van der Waals surface area (Å²) in [5.74, 6) is 0.515. The number of nitrogens with two attached hydrogens (primary N) is 1. The lowest BCUT2D eigenvalue weighted by atomic mass is 10.2. The van der Waals surface area contributed by atoms with E-state index in [2.05, 4.69) is 20.9 Å². The van der Waals surface area contributed by atoms with Crippen LogP contribution in [0, 0.1) is 5.41 Å². The fraction of sp³-hybridized carbons (Fsp3) is 0.0769. The summed E-state index contributed by atoms with van der Waals surface area (Å²) in [6.45, 7) is 0.450. The molecule has 4 nitrogen and oxygen atoms in total. The number of nitrogens with one attached hydrogen (secondary N) is 1. The van der Waals surface area contributed by atoms with E-state index in [9.17, 15) is 0 Å². The number of amidine groups is 1. The second kappa shape index (κ2) is 5.64. The van der Waals surface area contributed by atoms with Crippen molar-refractivity contribution < 1.29 is 4.74 Å². The van der Waals surface area contributed by atoms with Crippen LogP contribution in [0.1, 0.15) is 11.1 Å². The molecule has 1 heterocycles.